The van der Waals surface area contributed by atoms with Crippen LogP contribution in [-0.2, 0) is 10.2 Å². The molecule has 0 unspecified atom stereocenters. The molecule has 4 heteroatoms. The first-order chi connectivity index (χ1) is 7.65. The van der Waals surface area contributed by atoms with Gasteiger partial charge in [0.15, 0.2) is 0 Å². The molecule has 0 saturated heterocycles. The van der Waals surface area contributed by atoms with Crippen LogP contribution in [0.1, 0.15) is 37.7 Å². The average molecular weight is 240 g/mol. The number of rotatable bonds is 2. The van der Waals surface area contributed by atoms with E-state index >= 15 is 0 Å². The maximum atomic E-state index is 11.5. The summed E-state index contributed by atoms with van der Waals surface area (Å²) in [7, 11) is 0. The third-order valence-electron chi connectivity index (χ3n) is 3.40. The number of aromatic nitrogens is 1. The van der Waals surface area contributed by atoms with Crippen LogP contribution in [0.15, 0.2) is 18.3 Å². The van der Waals surface area contributed by atoms with Crippen molar-refractivity contribution >= 4 is 17.6 Å². The van der Waals surface area contributed by atoms with Crippen LogP contribution in [0, 0.1) is 0 Å². The normalized spacial score (nSPS) is 19.3. The SMILES string of the molecule is O=C(O)C1(c2ccc(Cl)nc2)CCCCC1. The Morgan fingerprint density at radius 2 is 2.00 bits per heavy atom. The molecule has 86 valence electrons. The Bertz CT molecular complexity index is 383. The number of hydrogen-bond acceptors (Lipinski definition) is 2. The summed E-state index contributed by atoms with van der Waals surface area (Å²) in [6.45, 7) is 0. The maximum Gasteiger partial charge on any atom is 0.314 e. The van der Waals surface area contributed by atoms with E-state index in [1.165, 1.54) is 0 Å². The van der Waals surface area contributed by atoms with E-state index in [1.807, 2.05) is 0 Å². The third kappa shape index (κ3) is 1.92. The lowest BCUT2D eigenvalue weighted by Gasteiger charge is -2.33. The van der Waals surface area contributed by atoms with Gasteiger partial charge < -0.3 is 5.11 Å². The zero-order chi connectivity index (χ0) is 11.6. The topological polar surface area (TPSA) is 50.2 Å². The molecular formula is C12H14ClNO2. The monoisotopic (exact) mass is 239 g/mol. The highest BCUT2D eigenvalue weighted by Gasteiger charge is 2.41. The molecule has 2 rings (SSSR count). The quantitative estimate of drug-likeness (QED) is 0.807. The minimum absolute atomic E-state index is 0.403. The van der Waals surface area contributed by atoms with Crippen molar-refractivity contribution in [1.82, 2.24) is 4.98 Å². The lowest BCUT2D eigenvalue weighted by Crippen LogP contribution is -2.37. The largest absolute Gasteiger partial charge is 0.481 e. The van der Waals surface area contributed by atoms with Gasteiger partial charge in [0, 0.05) is 6.20 Å². The van der Waals surface area contributed by atoms with E-state index < -0.39 is 11.4 Å². The second kappa shape index (κ2) is 4.42. The van der Waals surface area contributed by atoms with E-state index in [-0.39, 0.29) is 0 Å². The van der Waals surface area contributed by atoms with Crippen LogP contribution < -0.4 is 0 Å². The molecule has 1 aliphatic carbocycles. The highest BCUT2D eigenvalue weighted by Crippen LogP contribution is 2.39. The molecule has 1 aromatic rings. The van der Waals surface area contributed by atoms with E-state index in [0.29, 0.717) is 18.0 Å². The van der Waals surface area contributed by atoms with E-state index in [1.54, 1.807) is 18.3 Å². The summed E-state index contributed by atoms with van der Waals surface area (Å²) in [6.07, 6.45) is 6.05. The van der Waals surface area contributed by atoms with E-state index in [0.717, 1.165) is 24.8 Å². The molecule has 1 aliphatic rings. The van der Waals surface area contributed by atoms with E-state index in [9.17, 15) is 9.90 Å². The number of pyridine rings is 1. The Morgan fingerprint density at radius 3 is 2.50 bits per heavy atom. The van der Waals surface area contributed by atoms with Gasteiger partial charge in [-0.3, -0.25) is 4.79 Å². The van der Waals surface area contributed by atoms with Crippen molar-refractivity contribution in [2.45, 2.75) is 37.5 Å². The summed E-state index contributed by atoms with van der Waals surface area (Å²) in [5, 5.41) is 9.85. The number of carboxylic acids is 1. The Labute approximate surface area is 99.5 Å². The van der Waals surface area contributed by atoms with E-state index in [2.05, 4.69) is 4.98 Å². The molecule has 16 heavy (non-hydrogen) atoms. The first kappa shape index (κ1) is 11.4. The minimum atomic E-state index is -0.740. The highest BCUT2D eigenvalue weighted by molar-refractivity contribution is 6.29. The fourth-order valence-corrected chi connectivity index (χ4v) is 2.55. The summed E-state index contributed by atoms with van der Waals surface area (Å²) in [5.74, 6) is -0.740. The number of hydrogen-bond donors (Lipinski definition) is 1. The van der Waals surface area contributed by atoms with Gasteiger partial charge in [0.2, 0.25) is 0 Å². The van der Waals surface area contributed by atoms with Crippen molar-refractivity contribution in [1.29, 1.82) is 0 Å². The molecule has 0 bridgehead atoms. The van der Waals surface area contributed by atoms with Crippen molar-refractivity contribution in [3.8, 4) is 0 Å². The summed E-state index contributed by atoms with van der Waals surface area (Å²) >= 11 is 5.72. The van der Waals surface area contributed by atoms with Gasteiger partial charge in [0.25, 0.3) is 0 Å². The number of halogens is 1. The molecule has 1 aromatic heterocycles. The van der Waals surface area contributed by atoms with Crippen LogP contribution in [0.5, 0.6) is 0 Å². The summed E-state index contributed by atoms with van der Waals surface area (Å²) < 4.78 is 0. The Morgan fingerprint density at radius 1 is 1.31 bits per heavy atom. The van der Waals surface area contributed by atoms with Gasteiger partial charge in [0.1, 0.15) is 5.15 Å². The Kier molecular flexibility index (Phi) is 3.15. The highest BCUT2D eigenvalue weighted by atomic mass is 35.5. The predicted octanol–water partition coefficient (Wildman–Crippen LogP) is 3.02. The molecule has 1 saturated carbocycles. The number of nitrogens with zero attached hydrogens (tertiary/aromatic N) is 1. The fourth-order valence-electron chi connectivity index (χ4n) is 2.44. The maximum absolute atomic E-state index is 11.5. The zero-order valence-electron chi connectivity index (χ0n) is 8.95. The fraction of sp³-hybridized carbons (Fsp3) is 0.500. The molecule has 3 nitrogen and oxygen atoms in total. The molecule has 1 N–H and O–H groups in total. The van der Waals surface area contributed by atoms with E-state index in [4.69, 9.17) is 11.6 Å². The van der Waals surface area contributed by atoms with Crippen molar-refractivity contribution in [3.05, 3.63) is 29.0 Å². The smallest absolute Gasteiger partial charge is 0.314 e. The third-order valence-corrected chi connectivity index (χ3v) is 3.62. The Hall–Kier alpha value is -1.09. The summed E-state index contributed by atoms with van der Waals surface area (Å²) in [6, 6.07) is 3.45. The first-order valence-electron chi connectivity index (χ1n) is 5.50. The summed E-state index contributed by atoms with van der Waals surface area (Å²) in [4.78, 5) is 15.5. The second-order valence-electron chi connectivity index (χ2n) is 4.32. The van der Waals surface area contributed by atoms with Crippen LogP contribution in [0.25, 0.3) is 0 Å². The minimum Gasteiger partial charge on any atom is -0.481 e. The van der Waals surface area contributed by atoms with Crippen LogP contribution >= 0.6 is 11.6 Å². The van der Waals surface area contributed by atoms with Crippen LogP contribution in [0.4, 0.5) is 0 Å². The first-order valence-corrected chi connectivity index (χ1v) is 5.88. The molecule has 0 amide bonds. The van der Waals surface area contributed by atoms with Crippen molar-refractivity contribution < 1.29 is 9.90 Å². The molecule has 0 radical (unpaired) electrons. The van der Waals surface area contributed by atoms with Crippen LogP contribution in [0.3, 0.4) is 0 Å². The Balaban J connectivity index is 2.38. The number of carbonyl (C=O) groups is 1. The molecule has 1 fully saturated rings. The predicted molar refractivity (Wildman–Crippen MR) is 61.6 cm³/mol. The van der Waals surface area contributed by atoms with Gasteiger partial charge in [-0.05, 0) is 24.5 Å². The number of carboxylic acid groups (broad SMARTS) is 1. The molecule has 0 aliphatic heterocycles. The molecular weight excluding hydrogens is 226 g/mol. The van der Waals surface area contributed by atoms with Crippen molar-refractivity contribution in [3.63, 3.8) is 0 Å². The van der Waals surface area contributed by atoms with Gasteiger partial charge in [-0.2, -0.15) is 0 Å². The molecule has 0 atom stereocenters. The standard InChI is InChI=1S/C12H14ClNO2/c13-10-5-4-9(8-14-10)12(11(15)16)6-2-1-3-7-12/h4-5,8H,1-3,6-7H2,(H,15,16). The van der Waals surface area contributed by atoms with Crippen LogP contribution in [0.2, 0.25) is 5.15 Å². The molecule has 0 spiro atoms. The van der Waals surface area contributed by atoms with Gasteiger partial charge >= 0.3 is 5.97 Å². The lowest BCUT2D eigenvalue weighted by atomic mass is 9.70. The molecule has 0 aromatic carbocycles. The number of aliphatic carboxylic acids is 1. The molecule has 1 heterocycles. The van der Waals surface area contributed by atoms with Crippen molar-refractivity contribution in [2.75, 3.05) is 0 Å². The average Bonchev–Trinajstić information content (AvgIpc) is 2.30. The van der Waals surface area contributed by atoms with Crippen LogP contribution in [-0.4, -0.2) is 16.1 Å². The lowest BCUT2D eigenvalue weighted by molar-refractivity contribution is -0.145. The van der Waals surface area contributed by atoms with Gasteiger partial charge in [0.05, 0.1) is 5.41 Å². The second-order valence-corrected chi connectivity index (χ2v) is 4.70. The van der Waals surface area contributed by atoms with Gasteiger partial charge in [-0.1, -0.05) is 36.9 Å². The van der Waals surface area contributed by atoms with Gasteiger partial charge in [-0.25, -0.2) is 4.98 Å². The zero-order valence-corrected chi connectivity index (χ0v) is 9.70. The summed E-state index contributed by atoms with van der Waals surface area (Å²) in [5.41, 5.74) is 0.0413. The van der Waals surface area contributed by atoms with Gasteiger partial charge in [-0.15, -0.1) is 0 Å². The van der Waals surface area contributed by atoms with Crippen molar-refractivity contribution in [2.24, 2.45) is 0 Å².